The topological polar surface area (TPSA) is 104 Å². The maximum atomic E-state index is 8.88. The minimum Gasteiger partial charge on any atom is -0.330 e. The third-order valence-electron chi connectivity index (χ3n) is 7.75. The van der Waals surface area contributed by atoms with Gasteiger partial charge in [0.05, 0.1) is 0 Å². The molecule has 38 heavy (non-hydrogen) atoms. The molecule has 0 amide bonds. The molecule has 6 heteroatoms. The molecule has 0 fully saturated rings. The van der Waals surface area contributed by atoms with E-state index in [0.717, 1.165) is 12.5 Å². The second-order valence-corrected chi connectivity index (χ2v) is 12.7. The van der Waals surface area contributed by atoms with Crippen molar-refractivity contribution in [2.45, 2.75) is 194 Å². The lowest BCUT2D eigenvalue weighted by Crippen LogP contribution is -2.02. The van der Waals surface area contributed by atoms with Gasteiger partial charge in [-0.05, 0) is 18.9 Å². The lowest BCUT2D eigenvalue weighted by Gasteiger charge is -2.17. The molecule has 0 atom stereocenters. The third kappa shape index (κ3) is 43.1. The Morgan fingerprint density at radius 3 is 0.895 bits per heavy atom. The van der Waals surface area contributed by atoms with Crippen LogP contribution in [0.3, 0.4) is 0 Å². The zero-order chi connectivity index (χ0) is 28.6. The van der Waals surface area contributed by atoms with Crippen molar-refractivity contribution in [1.29, 1.82) is 0 Å². The number of hydrogen-bond acceptors (Lipinski definition) is 2. The van der Waals surface area contributed by atoms with E-state index in [-0.39, 0.29) is 0 Å². The van der Waals surface area contributed by atoms with Crippen LogP contribution in [0.25, 0.3) is 0 Å². The lowest BCUT2D eigenvalue weighted by molar-refractivity contribution is 0.275. The minimum absolute atomic E-state index is 0.875. The molecule has 0 aromatic carbocycles. The van der Waals surface area contributed by atoms with Crippen LogP contribution in [0.15, 0.2) is 0 Å². The first-order valence-corrected chi connectivity index (χ1v) is 18.4. The first-order valence-electron chi connectivity index (χ1n) is 16.8. The summed E-state index contributed by atoms with van der Waals surface area (Å²) in [4.78, 5) is 21.6. The van der Waals surface area contributed by atoms with Crippen LogP contribution in [0.5, 0.6) is 0 Å². The second-order valence-electron chi connectivity index (χ2n) is 11.7. The number of unbranched alkanes of at least 4 members (excludes halogenated alkanes) is 22. The van der Waals surface area contributed by atoms with E-state index in [2.05, 4.69) is 13.8 Å². The Bertz CT molecular complexity index is 440. The zero-order valence-corrected chi connectivity index (χ0v) is 26.8. The Balaban J connectivity index is 0. The summed E-state index contributed by atoms with van der Waals surface area (Å²) in [6.45, 7) is 5.50. The van der Waals surface area contributed by atoms with Gasteiger partial charge in [0, 0.05) is 0 Å². The predicted octanol–water partition coefficient (Wildman–Crippen LogP) is 10.6. The fourth-order valence-corrected chi connectivity index (χ4v) is 5.38. The summed E-state index contributed by atoms with van der Waals surface area (Å²) in [6, 6.07) is 0. The van der Waals surface area contributed by atoms with E-state index in [4.69, 9.17) is 25.0 Å². The fraction of sp³-hybridized carbons (Fsp3) is 1.00. The van der Waals surface area contributed by atoms with E-state index in [9.17, 15) is 0 Å². The standard InChI is InChI=1S/C32H67N.H3O4P/c1-3-5-7-9-11-13-15-17-20-24-28-32(30-26-22-19-23-27-31-33)29-25-21-18-16-14-12-10-8-6-4-2;1-5(2,3)4/h32H,3-31,33H2,1-2H3;(H3,1,2,3,4). The Labute approximate surface area is 238 Å². The number of rotatable bonds is 29. The van der Waals surface area contributed by atoms with Crippen LogP contribution in [0.4, 0.5) is 0 Å². The second kappa shape index (κ2) is 33.3. The van der Waals surface area contributed by atoms with Gasteiger partial charge in [-0.25, -0.2) is 4.57 Å². The van der Waals surface area contributed by atoms with Crippen molar-refractivity contribution < 1.29 is 19.2 Å². The lowest BCUT2D eigenvalue weighted by atomic mass is 9.89. The van der Waals surface area contributed by atoms with Crippen molar-refractivity contribution in [3.05, 3.63) is 0 Å². The number of nitrogens with two attached hydrogens (primary N) is 1. The molecule has 0 unspecified atom stereocenters. The van der Waals surface area contributed by atoms with Crippen molar-refractivity contribution in [3.8, 4) is 0 Å². The zero-order valence-electron chi connectivity index (χ0n) is 25.9. The van der Waals surface area contributed by atoms with E-state index in [1.54, 1.807) is 0 Å². The molecule has 5 N–H and O–H groups in total. The van der Waals surface area contributed by atoms with E-state index in [1.165, 1.54) is 180 Å². The van der Waals surface area contributed by atoms with Crippen LogP contribution in [0, 0.1) is 5.92 Å². The average Bonchev–Trinajstić information content (AvgIpc) is 2.86. The average molecular weight is 564 g/mol. The molecule has 0 aromatic rings. The molecule has 232 valence electrons. The van der Waals surface area contributed by atoms with Gasteiger partial charge in [0.25, 0.3) is 0 Å². The highest BCUT2D eigenvalue weighted by molar-refractivity contribution is 7.45. The summed E-state index contributed by atoms with van der Waals surface area (Å²) in [5.41, 5.74) is 5.64. The number of phosphoric acid groups is 1. The summed E-state index contributed by atoms with van der Waals surface area (Å²) in [5, 5.41) is 0. The van der Waals surface area contributed by atoms with Gasteiger partial charge < -0.3 is 20.4 Å². The minimum atomic E-state index is -4.64. The highest BCUT2D eigenvalue weighted by atomic mass is 31.2. The molecule has 5 nitrogen and oxygen atoms in total. The van der Waals surface area contributed by atoms with E-state index in [0.29, 0.717) is 0 Å². The van der Waals surface area contributed by atoms with Crippen LogP contribution in [-0.2, 0) is 4.57 Å². The van der Waals surface area contributed by atoms with Crippen molar-refractivity contribution in [2.24, 2.45) is 11.7 Å². The Kier molecular flexibility index (Phi) is 35.2. The molecule has 0 rings (SSSR count). The van der Waals surface area contributed by atoms with Gasteiger partial charge in [-0.2, -0.15) is 0 Å². The van der Waals surface area contributed by atoms with Gasteiger partial charge in [-0.3, -0.25) is 0 Å². The van der Waals surface area contributed by atoms with Gasteiger partial charge >= 0.3 is 7.82 Å². The smallest absolute Gasteiger partial charge is 0.330 e. The van der Waals surface area contributed by atoms with Gasteiger partial charge in [0.1, 0.15) is 0 Å². The van der Waals surface area contributed by atoms with Crippen LogP contribution in [-0.4, -0.2) is 21.2 Å². The van der Waals surface area contributed by atoms with Crippen LogP contribution in [0.2, 0.25) is 0 Å². The van der Waals surface area contributed by atoms with Crippen molar-refractivity contribution >= 4 is 7.82 Å². The fourth-order valence-electron chi connectivity index (χ4n) is 5.38. The highest BCUT2D eigenvalue weighted by Gasteiger charge is 2.09. The summed E-state index contributed by atoms with van der Waals surface area (Å²) in [7, 11) is -4.64. The quantitative estimate of drug-likeness (QED) is 0.0535. The van der Waals surface area contributed by atoms with Gasteiger partial charge in [0.15, 0.2) is 0 Å². The molecule has 0 saturated heterocycles. The SMILES string of the molecule is CCCCCCCCCCCCC(CCCCCCCN)CCCCCCCCCCCC.O=P(O)(O)O. The molecular formula is C32H70NO4P. The molecular weight excluding hydrogens is 493 g/mol. The monoisotopic (exact) mass is 564 g/mol. The first-order chi connectivity index (χ1) is 18.3. The molecule has 0 aliphatic rings. The summed E-state index contributed by atoms with van der Waals surface area (Å²) in [5.74, 6) is 1.02. The third-order valence-corrected chi connectivity index (χ3v) is 7.75. The van der Waals surface area contributed by atoms with E-state index < -0.39 is 7.82 Å². The van der Waals surface area contributed by atoms with Crippen LogP contribution >= 0.6 is 7.82 Å². The van der Waals surface area contributed by atoms with Crippen molar-refractivity contribution in [3.63, 3.8) is 0 Å². The summed E-state index contributed by atoms with van der Waals surface area (Å²) < 4.78 is 8.88. The predicted molar refractivity (Wildman–Crippen MR) is 167 cm³/mol. The molecule has 0 aliphatic carbocycles. The molecule has 0 aromatic heterocycles. The molecule has 0 saturated carbocycles. The molecule has 0 radical (unpaired) electrons. The van der Waals surface area contributed by atoms with Crippen LogP contribution < -0.4 is 5.73 Å². The van der Waals surface area contributed by atoms with E-state index in [1.807, 2.05) is 0 Å². The Hall–Kier alpha value is 0.0700. The van der Waals surface area contributed by atoms with Gasteiger partial charge in [-0.15, -0.1) is 0 Å². The largest absolute Gasteiger partial charge is 0.466 e. The van der Waals surface area contributed by atoms with E-state index >= 15 is 0 Å². The van der Waals surface area contributed by atoms with Crippen molar-refractivity contribution in [1.82, 2.24) is 0 Å². The summed E-state index contributed by atoms with van der Waals surface area (Å²) >= 11 is 0. The molecule has 0 heterocycles. The van der Waals surface area contributed by atoms with Crippen LogP contribution in [0.1, 0.15) is 194 Å². The number of hydrogen-bond donors (Lipinski definition) is 4. The Morgan fingerprint density at radius 1 is 0.447 bits per heavy atom. The van der Waals surface area contributed by atoms with Gasteiger partial charge in [-0.1, -0.05) is 187 Å². The normalized spacial score (nSPS) is 11.7. The Morgan fingerprint density at radius 2 is 0.658 bits per heavy atom. The molecule has 0 aliphatic heterocycles. The first kappa shape index (κ1) is 40.2. The maximum absolute atomic E-state index is 8.88. The highest BCUT2D eigenvalue weighted by Crippen LogP contribution is 2.26. The van der Waals surface area contributed by atoms with Gasteiger partial charge in [0.2, 0.25) is 0 Å². The molecule has 0 bridgehead atoms. The molecule has 0 spiro atoms. The maximum Gasteiger partial charge on any atom is 0.466 e. The van der Waals surface area contributed by atoms with Crippen molar-refractivity contribution in [2.75, 3.05) is 6.54 Å². The summed E-state index contributed by atoms with van der Waals surface area (Å²) in [6.07, 6.45) is 40.7.